The number of benzene rings is 1. The SMILES string of the molecule is ONc1cc(Cl)ccc1O. The van der Waals surface area contributed by atoms with E-state index in [1.54, 1.807) is 5.48 Å². The van der Waals surface area contributed by atoms with E-state index in [0.29, 0.717) is 5.02 Å². The number of nitrogens with one attached hydrogen (secondary N) is 1. The van der Waals surface area contributed by atoms with Gasteiger partial charge in [0, 0.05) is 5.02 Å². The molecule has 3 nitrogen and oxygen atoms in total. The molecule has 1 rings (SSSR count). The lowest BCUT2D eigenvalue weighted by atomic mass is 10.3. The van der Waals surface area contributed by atoms with E-state index in [1.807, 2.05) is 0 Å². The maximum absolute atomic E-state index is 8.95. The van der Waals surface area contributed by atoms with Crippen LogP contribution in [-0.4, -0.2) is 10.3 Å². The van der Waals surface area contributed by atoms with E-state index in [4.69, 9.17) is 21.9 Å². The predicted molar refractivity (Wildman–Crippen MR) is 38.5 cm³/mol. The van der Waals surface area contributed by atoms with E-state index in [-0.39, 0.29) is 11.4 Å². The molecule has 3 N–H and O–H groups in total. The van der Waals surface area contributed by atoms with Crippen LogP contribution in [0.3, 0.4) is 0 Å². The molecule has 0 unspecified atom stereocenters. The highest BCUT2D eigenvalue weighted by Gasteiger charge is 1.98. The minimum atomic E-state index is -0.0353. The monoisotopic (exact) mass is 159 g/mol. The van der Waals surface area contributed by atoms with Gasteiger partial charge in [-0.2, -0.15) is 0 Å². The number of halogens is 1. The first-order chi connectivity index (χ1) is 4.74. The summed E-state index contributed by atoms with van der Waals surface area (Å²) in [5, 5.41) is 17.8. The van der Waals surface area contributed by atoms with E-state index in [2.05, 4.69) is 0 Å². The van der Waals surface area contributed by atoms with Crippen LogP contribution >= 0.6 is 11.6 Å². The van der Waals surface area contributed by atoms with Gasteiger partial charge in [0.05, 0.1) is 0 Å². The summed E-state index contributed by atoms with van der Waals surface area (Å²) in [6, 6.07) is 4.33. The van der Waals surface area contributed by atoms with Crippen molar-refractivity contribution in [2.45, 2.75) is 0 Å². The first-order valence-electron chi connectivity index (χ1n) is 2.62. The molecule has 10 heavy (non-hydrogen) atoms. The van der Waals surface area contributed by atoms with Crippen LogP contribution < -0.4 is 5.48 Å². The molecule has 0 fully saturated rings. The Morgan fingerprint density at radius 3 is 2.60 bits per heavy atom. The molecule has 4 heteroatoms. The van der Waals surface area contributed by atoms with E-state index >= 15 is 0 Å². The second-order valence-corrected chi connectivity index (χ2v) is 2.21. The molecular formula is C6H6ClNO2. The second kappa shape index (κ2) is 2.77. The Labute approximate surface area is 62.8 Å². The van der Waals surface area contributed by atoms with Crippen molar-refractivity contribution in [1.82, 2.24) is 0 Å². The second-order valence-electron chi connectivity index (χ2n) is 1.77. The van der Waals surface area contributed by atoms with Crippen molar-refractivity contribution in [3.05, 3.63) is 23.2 Å². The number of phenolic OH excluding ortho intramolecular Hbond substituents is 1. The molecule has 0 bridgehead atoms. The molecule has 54 valence electrons. The van der Waals surface area contributed by atoms with Crippen LogP contribution in [0.15, 0.2) is 18.2 Å². The topological polar surface area (TPSA) is 52.5 Å². The van der Waals surface area contributed by atoms with Crippen molar-refractivity contribution in [3.63, 3.8) is 0 Å². The molecule has 0 aliphatic rings. The van der Waals surface area contributed by atoms with E-state index in [9.17, 15) is 0 Å². The average molecular weight is 160 g/mol. The molecule has 0 aromatic heterocycles. The molecule has 1 aromatic carbocycles. The summed E-state index contributed by atoms with van der Waals surface area (Å²) in [5.41, 5.74) is 2.00. The fraction of sp³-hybridized carbons (Fsp3) is 0. The quantitative estimate of drug-likeness (QED) is 0.433. The highest BCUT2D eigenvalue weighted by atomic mass is 35.5. The van der Waals surface area contributed by atoms with Gasteiger partial charge < -0.3 is 5.11 Å². The van der Waals surface area contributed by atoms with E-state index < -0.39 is 0 Å². The molecule has 1 aromatic rings. The molecule has 0 radical (unpaired) electrons. The molecule has 0 amide bonds. The van der Waals surface area contributed by atoms with Gasteiger partial charge in [-0.3, -0.25) is 10.7 Å². The molecule has 0 aliphatic heterocycles. The summed E-state index contributed by atoms with van der Waals surface area (Å²) in [6.07, 6.45) is 0. The summed E-state index contributed by atoms with van der Waals surface area (Å²) in [4.78, 5) is 0. The Hall–Kier alpha value is -0.930. The molecular weight excluding hydrogens is 154 g/mol. The van der Waals surface area contributed by atoms with Crippen molar-refractivity contribution in [2.75, 3.05) is 5.48 Å². The summed E-state index contributed by atoms with van der Waals surface area (Å²) in [7, 11) is 0. The summed E-state index contributed by atoms with van der Waals surface area (Å²) < 4.78 is 0. The number of anilines is 1. The lowest BCUT2D eigenvalue weighted by molar-refractivity contribution is 0.381. The summed E-state index contributed by atoms with van der Waals surface area (Å²) in [6.45, 7) is 0. The summed E-state index contributed by atoms with van der Waals surface area (Å²) in [5.74, 6) is -0.0353. The van der Waals surface area contributed by atoms with Crippen molar-refractivity contribution in [2.24, 2.45) is 0 Å². The van der Waals surface area contributed by atoms with Crippen LogP contribution in [0.5, 0.6) is 5.75 Å². The lowest BCUT2D eigenvalue weighted by Gasteiger charge is -2.00. The maximum atomic E-state index is 8.95. The van der Waals surface area contributed by atoms with E-state index in [0.717, 1.165) is 0 Å². The number of rotatable bonds is 1. The lowest BCUT2D eigenvalue weighted by Crippen LogP contribution is -1.88. The normalized spacial score (nSPS) is 9.40. The van der Waals surface area contributed by atoms with Gasteiger partial charge in [-0.05, 0) is 18.2 Å². The van der Waals surface area contributed by atoms with Gasteiger partial charge in [0.1, 0.15) is 11.4 Å². The van der Waals surface area contributed by atoms with Crippen LogP contribution in [0.4, 0.5) is 5.69 Å². The smallest absolute Gasteiger partial charge is 0.141 e. The first-order valence-corrected chi connectivity index (χ1v) is 3.00. The third kappa shape index (κ3) is 1.32. The fourth-order valence-electron chi connectivity index (χ4n) is 0.598. The van der Waals surface area contributed by atoms with Gasteiger partial charge in [-0.1, -0.05) is 11.6 Å². The third-order valence-corrected chi connectivity index (χ3v) is 1.31. The Balaban J connectivity index is 3.09. The molecule has 0 saturated heterocycles. The summed E-state index contributed by atoms with van der Waals surface area (Å²) >= 11 is 5.53. The molecule has 0 atom stereocenters. The zero-order valence-corrected chi connectivity index (χ0v) is 5.76. The largest absolute Gasteiger partial charge is 0.506 e. The molecule has 0 spiro atoms. The van der Waals surface area contributed by atoms with Gasteiger partial charge in [0.2, 0.25) is 0 Å². The van der Waals surface area contributed by atoms with Crippen LogP contribution in [0.2, 0.25) is 5.02 Å². The minimum absolute atomic E-state index is 0.0353. The molecule has 0 saturated carbocycles. The van der Waals surface area contributed by atoms with Gasteiger partial charge in [-0.25, -0.2) is 0 Å². The van der Waals surface area contributed by atoms with Crippen molar-refractivity contribution in [1.29, 1.82) is 0 Å². The van der Waals surface area contributed by atoms with Crippen LogP contribution in [-0.2, 0) is 0 Å². The zero-order chi connectivity index (χ0) is 7.56. The number of hydrogen-bond donors (Lipinski definition) is 3. The van der Waals surface area contributed by atoms with Gasteiger partial charge in [-0.15, -0.1) is 0 Å². The van der Waals surface area contributed by atoms with Gasteiger partial charge >= 0.3 is 0 Å². The van der Waals surface area contributed by atoms with Crippen LogP contribution in [0, 0.1) is 0 Å². The van der Waals surface area contributed by atoms with Gasteiger partial charge in [0.25, 0.3) is 0 Å². The van der Waals surface area contributed by atoms with Gasteiger partial charge in [0.15, 0.2) is 0 Å². The van der Waals surface area contributed by atoms with Crippen LogP contribution in [0.25, 0.3) is 0 Å². The Kier molecular flexibility index (Phi) is 1.99. The predicted octanol–water partition coefficient (Wildman–Crippen LogP) is 1.85. The number of phenols is 1. The molecule has 0 heterocycles. The highest BCUT2D eigenvalue weighted by molar-refractivity contribution is 6.30. The third-order valence-electron chi connectivity index (χ3n) is 1.08. The first kappa shape index (κ1) is 7.18. The van der Waals surface area contributed by atoms with E-state index in [1.165, 1.54) is 18.2 Å². The maximum Gasteiger partial charge on any atom is 0.141 e. The standard InChI is InChI=1S/C6H6ClNO2/c7-4-1-2-6(9)5(3-4)8-10/h1-3,8-10H. The number of hydrogen-bond acceptors (Lipinski definition) is 3. The van der Waals surface area contributed by atoms with Crippen LogP contribution in [0.1, 0.15) is 0 Å². The fourth-order valence-corrected chi connectivity index (χ4v) is 0.770. The Bertz CT molecular complexity index is 239. The molecule has 0 aliphatic carbocycles. The Morgan fingerprint density at radius 1 is 1.40 bits per heavy atom. The highest BCUT2D eigenvalue weighted by Crippen LogP contribution is 2.25. The average Bonchev–Trinajstić information content (AvgIpc) is 1.94. The van der Waals surface area contributed by atoms with Crippen molar-refractivity contribution >= 4 is 17.3 Å². The van der Waals surface area contributed by atoms with Crippen molar-refractivity contribution in [3.8, 4) is 5.75 Å². The Morgan fingerprint density at radius 2 is 2.10 bits per heavy atom. The zero-order valence-electron chi connectivity index (χ0n) is 5.00. The number of aromatic hydroxyl groups is 1. The minimum Gasteiger partial charge on any atom is -0.506 e. The van der Waals surface area contributed by atoms with Crippen molar-refractivity contribution < 1.29 is 10.3 Å².